The maximum atomic E-state index is 8.94. The van der Waals surface area contributed by atoms with E-state index in [0.717, 1.165) is 24.1 Å². The zero-order valence-electron chi connectivity index (χ0n) is 12.0. The smallest absolute Gasteiger partial charge is 0.290 e. The SMILES string of the molecule is N#Cc1ccc2c(c1)COC(=NC1CCc3ccccc31)N2. The summed E-state index contributed by atoms with van der Waals surface area (Å²) in [5, 5.41) is 12.2. The normalized spacial score (nSPS) is 20.5. The molecule has 4 rings (SSSR count). The summed E-state index contributed by atoms with van der Waals surface area (Å²) in [4.78, 5) is 4.74. The van der Waals surface area contributed by atoms with Crippen LogP contribution in [0.4, 0.5) is 5.69 Å². The Bertz CT molecular complexity index is 804. The van der Waals surface area contributed by atoms with Crippen LogP contribution in [0.25, 0.3) is 0 Å². The summed E-state index contributed by atoms with van der Waals surface area (Å²) in [5.74, 6) is 0. The van der Waals surface area contributed by atoms with E-state index in [1.54, 1.807) is 6.07 Å². The highest BCUT2D eigenvalue weighted by Gasteiger charge is 2.23. The number of nitrogens with zero attached hydrogens (tertiary/aromatic N) is 2. The lowest BCUT2D eigenvalue weighted by molar-refractivity contribution is 0.282. The molecule has 1 aliphatic carbocycles. The van der Waals surface area contributed by atoms with Crippen LogP contribution in [-0.2, 0) is 17.8 Å². The zero-order valence-corrected chi connectivity index (χ0v) is 12.0. The highest BCUT2D eigenvalue weighted by Crippen LogP contribution is 2.34. The average Bonchev–Trinajstić information content (AvgIpc) is 2.97. The van der Waals surface area contributed by atoms with E-state index in [1.807, 2.05) is 12.1 Å². The lowest BCUT2D eigenvalue weighted by Crippen LogP contribution is -2.23. The summed E-state index contributed by atoms with van der Waals surface area (Å²) in [6.45, 7) is 0.449. The first-order chi connectivity index (χ1) is 10.8. The summed E-state index contributed by atoms with van der Waals surface area (Å²) in [6.07, 6.45) is 2.09. The Morgan fingerprint density at radius 2 is 2.09 bits per heavy atom. The molecule has 1 heterocycles. The van der Waals surface area contributed by atoms with Gasteiger partial charge in [0.25, 0.3) is 6.02 Å². The van der Waals surface area contributed by atoms with E-state index in [1.165, 1.54) is 11.1 Å². The van der Waals surface area contributed by atoms with E-state index in [-0.39, 0.29) is 6.04 Å². The first kappa shape index (κ1) is 12.9. The van der Waals surface area contributed by atoms with Gasteiger partial charge in [-0.3, -0.25) is 0 Å². The van der Waals surface area contributed by atoms with Crippen molar-refractivity contribution in [3.8, 4) is 6.07 Å². The van der Waals surface area contributed by atoms with Gasteiger partial charge in [0.2, 0.25) is 0 Å². The number of aryl methyl sites for hydroxylation is 1. The lowest BCUT2D eigenvalue weighted by Gasteiger charge is -2.21. The summed E-state index contributed by atoms with van der Waals surface area (Å²) in [5.41, 5.74) is 5.28. The van der Waals surface area contributed by atoms with Crippen LogP contribution in [0.2, 0.25) is 0 Å². The van der Waals surface area contributed by atoms with Crippen molar-refractivity contribution in [1.82, 2.24) is 0 Å². The third-order valence-electron chi connectivity index (χ3n) is 4.21. The first-order valence-electron chi connectivity index (χ1n) is 7.42. The number of anilines is 1. The molecule has 22 heavy (non-hydrogen) atoms. The molecule has 1 unspecified atom stereocenters. The molecular weight excluding hydrogens is 274 g/mol. The van der Waals surface area contributed by atoms with E-state index in [9.17, 15) is 0 Å². The predicted octanol–water partition coefficient (Wildman–Crippen LogP) is 3.54. The van der Waals surface area contributed by atoms with Gasteiger partial charge in [-0.15, -0.1) is 0 Å². The van der Waals surface area contributed by atoms with Gasteiger partial charge in [0.05, 0.1) is 17.7 Å². The summed E-state index contributed by atoms with van der Waals surface area (Å²) >= 11 is 0. The van der Waals surface area contributed by atoms with Crippen LogP contribution in [0.15, 0.2) is 47.5 Å². The number of nitrogens with one attached hydrogen (secondary N) is 1. The molecule has 0 fully saturated rings. The van der Waals surface area contributed by atoms with Gasteiger partial charge < -0.3 is 10.1 Å². The molecule has 2 aliphatic rings. The molecule has 0 aromatic heterocycles. The molecule has 0 radical (unpaired) electrons. The fraction of sp³-hybridized carbons (Fsp3) is 0.222. The molecule has 2 aromatic carbocycles. The van der Waals surface area contributed by atoms with Crippen molar-refractivity contribution in [3.63, 3.8) is 0 Å². The van der Waals surface area contributed by atoms with E-state index in [4.69, 9.17) is 15.0 Å². The second-order valence-corrected chi connectivity index (χ2v) is 5.58. The van der Waals surface area contributed by atoms with Crippen molar-refractivity contribution in [2.24, 2.45) is 4.99 Å². The van der Waals surface area contributed by atoms with Crippen molar-refractivity contribution in [2.75, 3.05) is 5.32 Å². The number of hydrogen-bond donors (Lipinski definition) is 1. The monoisotopic (exact) mass is 289 g/mol. The van der Waals surface area contributed by atoms with Crippen LogP contribution < -0.4 is 5.32 Å². The summed E-state index contributed by atoms with van der Waals surface area (Å²) in [6, 6.07) is 16.9. The van der Waals surface area contributed by atoms with Crippen LogP contribution in [0, 0.1) is 11.3 Å². The second-order valence-electron chi connectivity index (χ2n) is 5.58. The van der Waals surface area contributed by atoms with Crippen LogP contribution in [-0.4, -0.2) is 6.02 Å². The van der Waals surface area contributed by atoms with Crippen molar-refractivity contribution < 1.29 is 4.74 Å². The van der Waals surface area contributed by atoms with E-state index in [0.29, 0.717) is 18.2 Å². The van der Waals surface area contributed by atoms with Crippen molar-refractivity contribution in [1.29, 1.82) is 5.26 Å². The highest BCUT2D eigenvalue weighted by molar-refractivity contribution is 5.91. The largest absolute Gasteiger partial charge is 0.460 e. The molecule has 0 bridgehead atoms. The maximum absolute atomic E-state index is 8.94. The minimum atomic E-state index is 0.165. The van der Waals surface area contributed by atoms with Gasteiger partial charge in [0, 0.05) is 11.3 Å². The molecule has 4 heteroatoms. The Balaban J connectivity index is 1.59. The lowest BCUT2D eigenvalue weighted by atomic mass is 10.1. The molecule has 4 nitrogen and oxygen atoms in total. The van der Waals surface area contributed by atoms with Crippen LogP contribution in [0.1, 0.15) is 34.7 Å². The average molecular weight is 289 g/mol. The van der Waals surface area contributed by atoms with Gasteiger partial charge in [0.15, 0.2) is 0 Å². The topological polar surface area (TPSA) is 57.4 Å². The number of nitriles is 1. The Labute approximate surface area is 129 Å². The van der Waals surface area contributed by atoms with Crippen LogP contribution in [0.3, 0.4) is 0 Å². The fourth-order valence-corrected chi connectivity index (χ4v) is 3.08. The number of benzene rings is 2. The standard InChI is InChI=1S/C18H15N3O/c19-10-12-5-7-16-14(9-12)11-22-18(20-16)21-17-8-6-13-3-1-2-4-15(13)17/h1-5,7,9,17H,6,8,11H2,(H,20,21). The van der Waals surface area contributed by atoms with E-state index >= 15 is 0 Å². The molecular formula is C18H15N3O. The molecule has 2 aromatic rings. The molecule has 1 atom stereocenters. The zero-order chi connectivity index (χ0) is 14.9. The summed E-state index contributed by atoms with van der Waals surface area (Å²) < 4.78 is 5.71. The van der Waals surface area contributed by atoms with Crippen molar-refractivity contribution >= 4 is 11.7 Å². The Kier molecular flexibility index (Phi) is 3.05. The minimum Gasteiger partial charge on any atom is -0.460 e. The Morgan fingerprint density at radius 1 is 1.18 bits per heavy atom. The highest BCUT2D eigenvalue weighted by atomic mass is 16.5. The number of ether oxygens (including phenoxy) is 1. The predicted molar refractivity (Wildman–Crippen MR) is 84.5 cm³/mol. The Morgan fingerprint density at radius 3 is 3.00 bits per heavy atom. The molecule has 1 aliphatic heterocycles. The third-order valence-corrected chi connectivity index (χ3v) is 4.21. The number of aliphatic imine (C=N–C) groups is 1. The number of hydrogen-bond acceptors (Lipinski definition) is 3. The molecule has 0 saturated heterocycles. The van der Waals surface area contributed by atoms with Gasteiger partial charge in [-0.1, -0.05) is 24.3 Å². The maximum Gasteiger partial charge on any atom is 0.290 e. The summed E-state index contributed by atoms with van der Waals surface area (Å²) in [7, 11) is 0. The van der Waals surface area contributed by atoms with Crippen LogP contribution in [0.5, 0.6) is 0 Å². The molecule has 1 N–H and O–H groups in total. The van der Waals surface area contributed by atoms with Gasteiger partial charge in [-0.25, -0.2) is 4.99 Å². The molecule has 0 amide bonds. The quantitative estimate of drug-likeness (QED) is 0.873. The van der Waals surface area contributed by atoms with Crippen molar-refractivity contribution in [3.05, 3.63) is 64.7 Å². The Hall–Kier alpha value is -2.80. The second kappa shape index (κ2) is 5.19. The number of fused-ring (bicyclic) bond motifs is 2. The minimum absolute atomic E-state index is 0.165. The molecule has 108 valence electrons. The van der Waals surface area contributed by atoms with Crippen molar-refractivity contribution in [2.45, 2.75) is 25.5 Å². The van der Waals surface area contributed by atoms with Gasteiger partial charge in [-0.05, 0) is 42.2 Å². The third kappa shape index (κ3) is 2.21. The van der Waals surface area contributed by atoms with Crippen LogP contribution >= 0.6 is 0 Å². The van der Waals surface area contributed by atoms with E-state index in [2.05, 4.69) is 35.7 Å². The van der Waals surface area contributed by atoms with E-state index < -0.39 is 0 Å². The number of amidine groups is 1. The number of rotatable bonds is 1. The van der Waals surface area contributed by atoms with Gasteiger partial charge in [0.1, 0.15) is 6.61 Å². The van der Waals surface area contributed by atoms with Gasteiger partial charge >= 0.3 is 0 Å². The first-order valence-corrected chi connectivity index (χ1v) is 7.42. The van der Waals surface area contributed by atoms with Gasteiger partial charge in [-0.2, -0.15) is 5.26 Å². The molecule has 0 saturated carbocycles. The molecule has 0 spiro atoms. The fourth-order valence-electron chi connectivity index (χ4n) is 3.08.